The number of amides is 1. The van der Waals surface area contributed by atoms with E-state index in [0.29, 0.717) is 5.57 Å². The second kappa shape index (κ2) is 6.01. The Kier molecular flexibility index (Phi) is 3.90. The van der Waals surface area contributed by atoms with Gasteiger partial charge in [-0.05, 0) is 68.0 Å². The number of nitrogens with zero attached hydrogens (tertiary/aromatic N) is 2. The van der Waals surface area contributed by atoms with Gasteiger partial charge in [0.05, 0.1) is 23.0 Å². The van der Waals surface area contributed by atoms with Crippen molar-refractivity contribution in [3.8, 4) is 5.69 Å². The molecular weight excluding hydrogens is 326 g/mol. The first-order valence-electron chi connectivity index (χ1n) is 9.31. The van der Waals surface area contributed by atoms with Gasteiger partial charge in [-0.1, -0.05) is 19.3 Å². The lowest BCUT2D eigenvalue weighted by molar-refractivity contribution is -0.116. The van der Waals surface area contributed by atoms with Crippen LogP contribution < -0.4 is 5.32 Å². The predicted octanol–water partition coefficient (Wildman–Crippen LogP) is 3.90. The Morgan fingerprint density at radius 3 is 2.35 bits per heavy atom. The van der Waals surface area contributed by atoms with E-state index in [0.717, 1.165) is 60.0 Å². The average molecular weight is 351 g/mol. The number of carbonyl (C=O) groups excluding carboxylic acids is 1. The maximum absolute atomic E-state index is 12.8. The summed E-state index contributed by atoms with van der Waals surface area (Å²) in [6.07, 6.45) is 8.67. The molecule has 5 nitrogen and oxygen atoms in total. The van der Waals surface area contributed by atoms with Gasteiger partial charge in [0.15, 0.2) is 0 Å². The first kappa shape index (κ1) is 16.9. The van der Waals surface area contributed by atoms with E-state index in [1.54, 1.807) is 0 Å². The summed E-state index contributed by atoms with van der Waals surface area (Å²) in [5.41, 5.74) is 4.74. The smallest absolute Gasteiger partial charge is 0.256 e. The quantitative estimate of drug-likeness (QED) is 0.862. The molecule has 2 N–H and O–H groups in total. The number of hydrogen-bond acceptors (Lipinski definition) is 3. The molecule has 0 bridgehead atoms. The summed E-state index contributed by atoms with van der Waals surface area (Å²) in [5, 5.41) is 18.5. The molecule has 0 saturated heterocycles. The Morgan fingerprint density at radius 2 is 1.77 bits per heavy atom. The molecule has 2 aromatic rings. The third-order valence-electron chi connectivity index (χ3n) is 5.72. The summed E-state index contributed by atoms with van der Waals surface area (Å²) < 4.78 is 1.84. The van der Waals surface area contributed by atoms with Crippen LogP contribution in [-0.4, -0.2) is 26.3 Å². The zero-order valence-corrected chi connectivity index (χ0v) is 15.6. The fraction of sp³-hybridized carbons (Fsp3) is 0.429. The standard InChI is InChI=1S/C21H25N3O2/c1-13-11-22-24(12-13)16-9-14(2)17(15(3)10-16)18-19(25)21(23-20(18)26)7-5-4-6-8-21/h9-12,25H,4-8H2,1-3H3,(H,23,26). The number of aliphatic hydroxyl groups excluding tert-OH is 1. The van der Waals surface area contributed by atoms with E-state index in [9.17, 15) is 9.90 Å². The number of rotatable bonds is 2. The Balaban J connectivity index is 1.81. The highest BCUT2D eigenvalue weighted by molar-refractivity contribution is 6.24. The number of carbonyl (C=O) groups is 1. The lowest BCUT2D eigenvalue weighted by Gasteiger charge is -2.33. The summed E-state index contributed by atoms with van der Waals surface area (Å²) in [4.78, 5) is 12.8. The van der Waals surface area contributed by atoms with Crippen molar-refractivity contribution in [3.05, 3.63) is 52.5 Å². The molecule has 5 heteroatoms. The van der Waals surface area contributed by atoms with Crippen molar-refractivity contribution < 1.29 is 9.90 Å². The molecule has 1 aliphatic carbocycles. The first-order chi connectivity index (χ1) is 12.4. The maximum Gasteiger partial charge on any atom is 0.256 e. The van der Waals surface area contributed by atoms with Crippen molar-refractivity contribution in [2.45, 2.75) is 58.4 Å². The molecule has 0 atom stereocenters. The number of benzene rings is 1. The first-order valence-corrected chi connectivity index (χ1v) is 9.31. The molecule has 1 aromatic heterocycles. The summed E-state index contributed by atoms with van der Waals surface area (Å²) in [5.74, 6) is 0.0781. The Bertz CT molecular complexity index is 894. The maximum atomic E-state index is 12.8. The molecule has 2 heterocycles. The van der Waals surface area contributed by atoms with Gasteiger partial charge >= 0.3 is 0 Å². The van der Waals surface area contributed by atoms with E-state index in [2.05, 4.69) is 10.4 Å². The fourth-order valence-corrected chi connectivity index (χ4v) is 4.46. The van der Waals surface area contributed by atoms with Crippen LogP contribution in [0.3, 0.4) is 0 Å². The monoisotopic (exact) mass is 351 g/mol. The third kappa shape index (κ3) is 2.54. The number of aliphatic hydroxyl groups is 1. The number of aromatic nitrogens is 2. The SMILES string of the molecule is Cc1cnn(-c2cc(C)c(C3=C(O)C4(CCCCC4)NC3=O)c(C)c2)c1. The minimum atomic E-state index is -0.554. The molecular formula is C21H25N3O2. The highest BCUT2D eigenvalue weighted by atomic mass is 16.3. The van der Waals surface area contributed by atoms with Gasteiger partial charge in [0, 0.05) is 6.20 Å². The molecule has 1 aliphatic heterocycles. The number of nitrogens with one attached hydrogen (secondary N) is 1. The number of hydrogen-bond donors (Lipinski definition) is 2. The van der Waals surface area contributed by atoms with Gasteiger partial charge in [-0.2, -0.15) is 5.10 Å². The lowest BCUT2D eigenvalue weighted by Crippen LogP contribution is -2.46. The van der Waals surface area contributed by atoms with Crippen LogP contribution in [0.15, 0.2) is 30.3 Å². The molecule has 1 amide bonds. The van der Waals surface area contributed by atoms with Crippen LogP contribution in [0.2, 0.25) is 0 Å². The fourth-order valence-electron chi connectivity index (χ4n) is 4.46. The summed E-state index contributed by atoms with van der Waals surface area (Å²) in [6.45, 7) is 5.98. The highest BCUT2D eigenvalue weighted by Crippen LogP contribution is 2.42. The normalized spacial score (nSPS) is 19.3. The average Bonchev–Trinajstić information content (AvgIpc) is 3.12. The van der Waals surface area contributed by atoms with Crippen LogP contribution in [-0.2, 0) is 4.79 Å². The zero-order valence-electron chi connectivity index (χ0n) is 15.6. The minimum absolute atomic E-state index is 0.154. The van der Waals surface area contributed by atoms with Gasteiger partial charge in [0.1, 0.15) is 5.76 Å². The molecule has 0 radical (unpaired) electrons. The largest absolute Gasteiger partial charge is 0.509 e. The molecule has 1 saturated carbocycles. The molecule has 136 valence electrons. The van der Waals surface area contributed by atoms with Crippen LogP contribution in [0.1, 0.15) is 54.4 Å². The minimum Gasteiger partial charge on any atom is -0.509 e. The van der Waals surface area contributed by atoms with Crippen LogP contribution in [0.25, 0.3) is 11.3 Å². The van der Waals surface area contributed by atoms with Crippen LogP contribution in [0.5, 0.6) is 0 Å². The Labute approximate surface area is 153 Å². The Morgan fingerprint density at radius 1 is 1.12 bits per heavy atom. The van der Waals surface area contributed by atoms with Gasteiger partial charge in [-0.3, -0.25) is 4.79 Å². The third-order valence-corrected chi connectivity index (χ3v) is 5.72. The van der Waals surface area contributed by atoms with E-state index < -0.39 is 5.54 Å². The zero-order chi connectivity index (χ0) is 18.5. The molecule has 0 unspecified atom stereocenters. The van der Waals surface area contributed by atoms with Crippen molar-refractivity contribution in [1.82, 2.24) is 15.1 Å². The van der Waals surface area contributed by atoms with E-state index in [1.165, 1.54) is 0 Å². The van der Waals surface area contributed by atoms with Crippen LogP contribution in [0, 0.1) is 20.8 Å². The van der Waals surface area contributed by atoms with Gasteiger partial charge in [-0.25, -0.2) is 4.68 Å². The highest BCUT2D eigenvalue weighted by Gasteiger charge is 2.46. The van der Waals surface area contributed by atoms with Crippen molar-refractivity contribution in [1.29, 1.82) is 0 Å². The van der Waals surface area contributed by atoms with Crippen LogP contribution in [0.4, 0.5) is 0 Å². The number of aryl methyl sites for hydroxylation is 3. The molecule has 2 aliphatic rings. The second-order valence-corrected chi connectivity index (χ2v) is 7.74. The van der Waals surface area contributed by atoms with Crippen molar-refractivity contribution in [2.75, 3.05) is 0 Å². The van der Waals surface area contributed by atoms with E-state index in [4.69, 9.17) is 0 Å². The van der Waals surface area contributed by atoms with Crippen molar-refractivity contribution in [2.24, 2.45) is 0 Å². The van der Waals surface area contributed by atoms with E-state index >= 15 is 0 Å². The predicted molar refractivity (Wildman–Crippen MR) is 101 cm³/mol. The lowest BCUT2D eigenvalue weighted by atomic mass is 9.80. The van der Waals surface area contributed by atoms with Crippen molar-refractivity contribution >= 4 is 11.5 Å². The van der Waals surface area contributed by atoms with E-state index in [-0.39, 0.29) is 11.7 Å². The summed E-state index contributed by atoms with van der Waals surface area (Å²) in [7, 11) is 0. The molecule has 1 aromatic carbocycles. The summed E-state index contributed by atoms with van der Waals surface area (Å²) >= 11 is 0. The molecule has 1 fully saturated rings. The van der Waals surface area contributed by atoms with E-state index in [1.807, 2.05) is 50.0 Å². The van der Waals surface area contributed by atoms with Gasteiger partial charge in [0.2, 0.25) is 0 Å². The van der Waals surface area contributed by atoms with Crippen molar-refractivity contribution in [3.63, 3.8) is 0 Å². The van der Waals surface area contributed by atoms with Crippen LogP contribution >= 0.6 is 0 Å². The van der Waals surface area contributed by atoms with Gasteiger partial charge in [-0.15, -0.1) is 0 Å². The second-order valence-electron chi connectivity index (χ2n) is 7.74. The van der Waals surface area contributed by atoms with Gasteiger partial charge < -0.3 is 10.4 Å². The molecule has 26 heavy (non-hydrogen) atoms. The topological polar surface area (TPSA) is 67.2 Å². The molecule has 4 rings (SSSR count). The Hall–Kier alpha value is -2.56. The van der Waals surface area contributed by atoms with Gasteiger partial charge in [0.25, 0.3) is 5.91 Å². The molecule has 1 spiro atoms. The summed E-state index contributed by atoms with van der Waals surface area (Å²) in [6, 6.07) is 4.04.